The molecule has 0 aliphatic rings. The fraction of sp³-hybridized carbons (Fsp3) is 0.316. The number of carbonyl (C=O) groups excluding carboxylic acids is 1. The molecule has 2 aromatic rings. The first-order valence-electron chi connectivity index (χ1n) is 7.79. The molecule has 0 aromatic heterocycles. The molecule has 2 rings (SSSR count). The molecule has 5 nitrogen and oxygen atoms in total. The van der Waals surface area contributed by atoms with Crippen LogP contribution in [0.15, 0.2) is 42.5 Å². The monoisotopic (exact) mass is 329 g/mol. The molecule has 0 saturated heterocycles. The minimum absolute atomic E-state index is 0.214. The molecule has 0 saturated carbocycles. The van der Waals surface area contributed by atoms with Gasteiger partial charge in [0.2, 0.25) is 0 Å². The molecule has 5 heteroatoms. The van der Waals surface area contributed by atoms with Gasteiger partial charge >= 0.3 is 0 Å². The van der Waals surface area contributed by atoms with Crippen molar-refractivity contribution in [3.8, 4) is 17.2 Å². The van der Waals surface area contributed by atoms with Crippen LogP contribution < -0.4 is 19.5 Å². The second-order valence-corrected chi connectivity index (χ2v) is 5.75. The number of rotatable bonds is 7. The van der Waals surface area contributed by atoms with Gasteiger partial charge in [0, 0.05) is 11.6 Å². The SMILES string of the molecule is COc1ccc(NC(=O)c2ccc(OCC(C)C)cc2)c(OC)c1. The van der Waals surface area contributed by atoms with Crippen LogP contribution in [0.1, 0.15) is 24.2 Å². The summed E-state index contributed by atoms with van der Waals surface area (Å²) >= 11 is 0. The van der Waals surface area contributed by atoms with Gasteiger partial charge in [0.1, 0.15) is 17.2 Å². The van der Waals surface area contributed by atoms with Crippen molar-refractivity contribution in [1.82, 2.24) is 0 Å². The van der Waals surface area contributed by atoms with Crippen LogP contribution in [0.4, 0.5) is 5.69 Å². The normalized spacial score (nSPS) is 10.4. The van der Waals surface area contributed by atoms with Crippen LogP contribution in [-0.4, -0.2) is 26.7 Å². The van der Waals surface area contributed by atoms with Crippen LogP contribution in [0.3, 0.4) is 0 Å². The Morgan fingerprint density at radius 1 is 1.00 bits per heavy atom. The van der Waals surface area contributed by atoms with Crippen molar-refractivity contribution in [1.29, 1.82) is 0 Å². The molecule has 0 heterocycles. The third kappa shape index (κ3) is 4.65. The molecule has 0 fully saturated rings. The average molecular weight is 329 g/mol. The van der Waals surface area contributed by atoms with Gasteiger partial charge in [-0.15, -0.1) is 0 Å². The van der Waals surface area contributed by atoms with Crippen molar-refractivity contribution in [2.24, 2.45) is 5.92 Å². The number of amides is 1. The standard InChI is InChI=1S/C19H23NO4/c1-13(2)12-24-15-7-5-14(6-8-15)19(21)20-17-10-9-16(22-3)11-18(17)23-4/h5-11,13H,12H2,1-4H3,(H,20,21). The molecule has 0 aliphatic heterocycles. The fourth-order valence-electron chi connectivity index (χ4n) is 2.06. The number of anilines is 1. The molecule has 2 aromatic carbocycles. The number of nitrogens with one attached hydrogen (secondary N) is 1. The summed E-state index contributed by atoms with van der Waals surface area (Å²) < 4.78 is 16.0. The zero-order valence-electron chi connectivity index (χ0n) is 14.5. The van der Waals surface area contributed by atoms with Crippen LogP contribution in [0.25, 0.3) is 0 Å². The highest BCUT2D eigenvalue weighted by atomic mass is 16.5. The Balaban J connectivity index is 2.07. The maximum absolute atomic E-state index is 12.4. The lowest BCUT2D eigenvalue weighted by Gasteiger charge is -2.12. The minimum atomic E-state index is -0.214. The number of benzene rings is 2. The topological polar surface area (TPSA) is 56.8 Å². The first-order chi connectivity index (χ1) is 11.5. The number of methoxy groups -OCH3 is 2. The predicted octanol–water partition coefficient (Wildman–Crippen LogP) is 3.99. The Morgan fingerprint density at radius 3 is 2.25 bits per heavy atom. The number of ether oxygens (including phenoxy) is 3. The Morgan fingerprint density at radius 2 is 1.67 bits per heavy atom. The summed E-state index contributed by atoms with van der Waals surface area (Å²) in [4.78, 5) is 12.4. The van der Waals surface area contributed by atoms with E-state index < -0.39 is 0 Å². The van der Waals surface area contributed by atoms with E-state index in [1.807, 2.05) is 0 Å². The van der Waals surface area contributed by atoms with Crippen molar-refractivity contribution in [2.75, 3.05) is 26.1 Å². The summed E-state index contributed by atoms with van der Waals surface area (Å²) in [5.74, 6) is 2.20. The van der Waals surface area contributed by atoms with E-state index in [1.165, 1.54) is 0 Å². The van der Waals surface area contributed by atoms with Crippen LogP contribution in [0.2, 0.25) is 0 Å². The van der Waals surface area contributed by atoms with Gasteiger partial charge < -0.3 is 19.5 Å². The largest absolute Gasteiger partial charge is 0.497 e. The van der Waals surface area contributed by atoms with Crippen LogP contribution >= 0.6 is 0 Å². The first kappa shape index (κ1) is 17.7. The van der Waals surface area contributed by atoms with Gasteiger partial charge in [0.15, 0.2) is 0 Å². The second kappa shape index (κ2) is 8.24. The molecular formula is C19H23NO4. The fourth-order valence-corrected chi connectivity index (χ4v) is 2.06. The lowest BCUT2D eigenvalue weighted by molar-refractivity contribution is 0.102. The van der Waals surface area contributed by atoms with Crippen LogP contribution in [0.5, 0.6) is 17.2 Å². The minimum Gasteiger partial charge on any atom is -0.497 e. The predicted molar refractivity (Wildman–Crippen MR) is 94.3 cm³/mol. The summed E-state index contributed by atoms with van der Waals surface area (Å²) in [5, 5.41) is 2.84. The number of carbonyl (C=O) groups is 1. The number of hydrogen-bond acceptors (Lipinski definition) is 4. The molecule has 0 atom stereocenters. The Kier molecular flexibility index (Phi) is 6.07. The van der Waals surface area contributed by atoms with Crippen molar-refractivity contribution in [3.63, 3.8) is 0 Å². The van der Waals surface area contributed by atoms with Gasteiger partial charge in [-0.1, -0.05) is 13.8 Å². The van der Waals surface area contributed by atoms with Crippen molar-refractivity contribution < 1.29 is 19.0 Å². The van der Waals surface area contributed by atoms with E-state index in [1.54, 1.807) is 56.7 Å². The summed E-state index contributed by atoms with van der Waals surface area (Å²) in [7, 11) is 3.13. The molecule has 128 valence electrons. The zero-order chi connectivity index (χ0) is 17.5. The Hall–Kier alpha value is -2.69. The van der Waals surface area contributed by atoms with Gasteiger partial charge in [0.25, 0.3) is 5.91 Å². The van der Waals surface area contributed by atoms with E-state index >= 15 is 0 Å². The lowest BCUT2D eigenvalue weighted by Crippen LogP contribution is -2.12. The highest BCUT2D eigenvalue weighted by Gasteiger charge is 2.11. The van der Waals surface area contributed by atoms with E-state index in [0.717, 1.165) is 5.75 Å². The summed E-state index contributed by atoms with van der Waals surface area (Å²) in [6, 6.07) is 12.3. The molecule has 0 bridgehead atoms. The summed E-state index contributed by atoms with van der Waals surface area (Å²) in [5.41, 5.74) is 1.13. The van der Waals surface area contributed by atoms with E-state index in [4.69, 9.17) is 14.2 Å². The Labute approximate surface area is 142 Å². The maximum Gasteiger partial charge on any atom is 0.255 e. The molecule has 24 heavy (non-hydrogen) atoms. The Bertz CT molecular complexity index is 680. The molecular weight excluding hydrogens is 306 g/mol. The molecule has 0 radical (unpaired) electrons. The average Bonchev–Trinajstić information content (AvgIpc) is 2.60. The van der Waals surface area contributed by atoms with E-state index in [-0.39, 0.29) is 5.91 Å². The second-order valence-electron chi connectivity index (χ2n) is 5.75. The van der Waals surface area contributed by atoms with Crippen LogP contribution in [-0.2, 0) is 0 Å². The lowest BCUT2D eigenvalue weighted by atomic mass is 10.2. The first-order valence-corrected chi connectivity index (χ1v) is 7.79. The molecule has 0 aliphatic carbocycles. The van der Waals surface area contributed by atoms with E-state index in [2.05, 4.69) is 19.2 Å². The smallest absolute Gasteiger partial charge is 0.255 e. The van der Waals surface area contributed by atoms with Crippen molar-refractivity contribution in [3.05, 3.63) is 48.0 Å². The van der Waals surface area contributed by atoms with Gasteiger partial charge in [0.05, 0.1) is 26.5 Å². The van der Waals surface area contributed by atoms with Crippen LogP contribution in [0, 0.1) is 5.92 Å². The third-order valence-corrected chi connectivity index (χ3v) is 3.36. The van der Waals surface area contributed by atoms with Gasteiger partial charge in [-0.3, -0.25) is 4.79 Å². The summed E-state index contributed by atoms with van der Waals surface area (Å²) in [6.45, 7) is 4.82. The molecule has 0 spiro atoms. The van der Waals surface area contributed by atoms with E-state index in [0.29, 0.717) is 35.3 Å². The third-order valence-electron chi connectivity index (χ3n) is 3.36. The maximum atomic E-state index is 12.4. The van der Waals surface area contributed by atoms with Gasteiger partial charge in [-0.05, 0) is 42.3 Å². The number of hydrogen-bond donors (Lipinski definition) is 1. The van der Waals surface area contributed by atoms with E-state index in [9.17, 15) is 4.79 Å². The summed E-state index contributed by atoms with van der Waals surface area (Å²) in [6.07, 6.45) is 0. The quantitative estimate of drug-likeness (QED) is 0.834. The highest BCUT2D eigenvalue weighted by Crippen LogP contribution is 2.29. The van der Waals surface area contributed by atoms with Gasteiger partial charge in [-0.2, -0.15) is 0 Å². The van der Waals surface area contributed by atoms with Crippen molar-refractivity contribution >= 4 is 11.6 Å². The zero-order valence-corrected chi connectivity index (χ0v) is 14.5. The molecule has 1 N–H and O–H groups in total. The highest BCUT2D eigenvalue weighted by molar-refractivity contribution is 6.05. The molecule has 0 unspecified atom stereocenters. The van der Waals surface area contributed by atoms with Gasteiger partial charge in [-0.25, -0.2) is 0 Å². The molecule has 1 amide bonds. The van der Waals surface area contributed by atoms with Crippen molar-refractivity contribution in [2.45, 2.75) is 13.8 Å².